The van der Waals surface area contributed by atoms with Gasteiger partial charge in [-0.1, -0.05) is 5.16 Å². The van der Waals surface area contributed by atoms with Crippen molar-refractivity contribution in [1.82, 2.24) is 20.8 Å². The average molecular weight is 261 g/mol. The van der Waals surface area contributed by atoms with Crippen LogP contribution in [0.1, 0.15) is 24.6 Å². The smallest absolute Gasteiger partial charge is 0.234 e. The molecule has 1 saturated carbocycles. The third-order valence-electron chi connectivity index (χ3n) is 2.43. The van der Waals surface area contributed by atoms with Gasteiger partial charge in [0.15, 0.2) is 5.82 Å². The number of amides is 1. The zero-order valence-electron chi connectivity index (χ0n) is 9.73. The molecule has 1 amide bonds. The van der Waals surface area contributed by atoms with Crippen LogP contribution in [-0.4, -0.2) is 29.1 Å². The number of aryl methyl sites for hydroxylation is 1. The fraction of sp³-hybridized carbons (Fsp3) is 0.700. The van der Waals surface area contributed by atoms with Gasteiger partial charge in [-0.15, -0.1) is 12.4 Å². The molecule has 0 unspecified atom stereocenters. The molecule has 2 N–H and O–H groups in total. The van der Waals surface area contributed by atoms with Crippen LogP contribution in [0.5, 0.6) is 0 Å². The van der Waals surface area contributed by atoms with E-state index in [1.165, 1.54) is 12.8 Å². The number of aromatic nitrogens is 2. The Morgan fingerprint density at radius 3 is 2.88 bits per heavy atom. The summed E-state index contributed by atoms with van der Waals surface area (Å²) in [5.41, 5.74) is 0. The van der Waals surface area contributed by atoms with Crippen LogP contribution >= 0.6 is 12.4 Å². The second kappa shape index (κ2) is 6.56. The highest BCUT2D eigenvalue weighted by atomic mass is 35.5. The summed E-state index contributed by atoms with van der Waals surface area (Å²) in [6, 6.07) is 0. The van der Waals surface area contributed by atoms with E-state index in [1.807, 2.05) is 0 Å². The maximum Gasteiger partial charge on any atom is 0.234 e. The van der Waals surface area contributed by atoms with Crippen molar-refractivity contribution >= 4 is 18.3 Å². The van der Waals surface area contributed by atoms with Gasteiger partial charge >= 0.3 is 0 Å². The van der Waals surface area contributed by atoms with Crippen LogP contribution in [0.2, 0.25) is 0 Å². The molecule has 17 heavy (non-hydrogen) atoms. The van der Waals surface area contributed by atoms with Crippen LogP contribution in [0.15, 0.2) is 4.52 Å². The second-order valence-corrected chi connectivity index (χ2v) is 4.08. The van der Waals surface area contributed by atoms with E-state index in [9.17, 15) is 4.79 Å². The lowest BCUT2D eigenvalue weighted by molar-refractivity contribution is -0.120. The summed E-state index contributed by atoms with van der Waals surface area (Å²) in [5, 5.41) is 9.52. The van der Waals surface area contributed by atoms with Crippen molar-refractivity contribution in [1.29, 1.82) is 0 Å². The van der Waals surface area contributed by atoms with E-state index in [4.69, 9.17) is 4.52 Å². The first-order valence-electron chi connectivity index (χ1n) is 5.50. The molecule has 0 saturated heterocycles. The van der Waals surface area contributed by atoms with Crippen LogP contribution in [0.25, 0.3) is 0 Å². The number of hydrogen-bond acceptors (Lipinski definition) is 5. The molecule has 6 nitrogen and oxygen atoms in total. The largest absolute Gasteiger partial charge is 0.348 e. The molecule has 1 heterocycles. The summed E-state index contributed by atoms with van der Waals surface area (Å²) in [6.45, 7) is 3.33. The minimum Gasteiger partial charge on any atom is -0.348 e. The van der Waals surface area contributed by atoms with E-state index in [-0.39, 0.29) is 18.3 Å². The van der Waals surface area contributed by atoms with Gasteiger partial charge in [-0.2, -0.15) is 4.98 Å². The minimum absolute atomic E-state index is 0. The Morgan fingerprint density at radius 1 is 1.53 bits per heavy atom. The number of nitrogens with zero attached hydrogens (tertiary/aromatic N) is 2. The molecule has 7 heteroatoms. The van der Waals surface area contributed by atoms with Crippen LogP contribution in [0, 0.1) is 12.8 Å². The Labute approximate surface area is 106 Å². The third-order valence-corrected chi connectivity index (χ3v) is 2.43. The molecule has 0 spiro atoms. The molecule has 1 aliphatic rings. The topological polar surface area (TPSA) is 80.0 Å². The quantitative estimate of drug-likeness (QED) is 0.775. The van der Waals surface area contributed by atoms with Crippen molar-refractivity contribution in [2.24, 2.45) is 5.92 Å². The zero-order chi connectivity index (χ0) is 11.4. The molecule has 1 aliphatic carbocycles. The molecule has 1 aromatic heterocycles. The molecular weight excluding hydrogens is 244 g/mol. The Morgan fingerprint density at radius 2 is 2.29 bits per heavy atom. The van der Waals surface area contributed by atoms with E-state index >= 15 is 0 Å². The fourth-order valence-electron chi connectivity index (χ4n) is 1.37. The van der Waals surface area contributed by atoms with Gasteiger partial charge in [-0.25, -0.2) is 0 Å². The Hall–Kier alpha value is -1.14. The number of carbonyl (C=O) groups excluding carboxylic acids is 1. The Kier molecular flexibility index (Phi) is 5.37. The Bertz CT molecular complexity index is 365. The van der Waals surface area contributed by atoms with Crippen LogP contribution < -0.4 is 10.6 Å². The van der Waals surface area contributed by atoms with Crippen molar-refractivity contribution in [3.63, 3.8) is 0 Å². The first-order valence-corrected chi connectivity index (χ1v) is 5.50. The van der Waals surface area contributed by atoms with Crippen molar-refractivity contribution in [3.8, 4) is 0 Å². The van der Waals surface area contributed by atoms with Gasteiger partial charge in [-0.05, 0) is 25.3 Å². The Balaban J connectivity index is 0.00000144. The van der Waals surface area contributed by atoms with Gasteiger partial charge in [0.1, 0.15) is 0 Å². The van der Waals surface area contributed by atoms with Gasteiger partial charge in [0, 0.05) is 6.92 Å². The molecule has 96 valence electrons. The highest BCUT2D eigenvalue weighted by molar-refractivity contribution is 5.85. The molecular formula is C10H17ClN4O2. The van der Waals surface area contributed by atoms with Crippen LogP contribution in [-0.2, 0) is 11.3 Å². The lowest BCUT2D eigenvalue weighted by Gasteiger charge is -2.03. The van der Waals surface area contributed by atoms with Gasteiger partial charge in [-0.3, -0.25) is 4.79 Å². The molecule has 0 aliphatic heterocycles. The lowest BCUT2D eigenvalue weighted by atomic mass is 10.4. The summed E-state index contributed by atoms with van der Waals surface area (Å²) in [6.07, 6.45) is 2.58. The molecule has 0 aromatic carbocycles. The molecule has 0 atom stereocenters. The zero-order valence-corrected chi connectivity index (χ0v) is 10.5. The highest BCUT2D eigenvalue weighted by Gasteiger charge is 2.20. The first-order chi connectivity index (χ1) is 7.74. The van der Waals surface area contributed by atoms with Crippen molar-refractivity contribution in [2.45, 2.75) is 26.3 Å². The van der Waals surface area contributed by atoms with Crippen LogP contribution in [0.4, 0.5) is 0 Å². The highest BCUT2D eigenvalue weighted by Crippen LogP contribution is 2.27. The van der Waals surface area contributed by atoms with E-state index in [1.54, 1.807) is 6.92 Å². The average Bonchev–Trinajstić information content (AvgIpc) is 2.98. The summed E-state index contributed by atoms with van der Waals surface area (Å²) in [7, 11) is 0. The predicted octanol–water partition coefficient (Wildman–Crippen LogP) is 0.416. The van der Waals surface area contributed by atoms with Gasteiger partial charge < -0.3 is 15.2 Å². The molecule has 2 rings (SSSR count). The molecule has 1 aromatic rings. The lowest BCUT2D eigenvalue weighted by Crippen LogP contribution is -2.34. The number of carbonyl (C=O) groups is 1. The maximum absolute atomic E-state index is 11.4. The summed E-state index contributed by atoms with van der Waals surface area (Å²) >= 11 is 0. The van der Waals surface area contributed by atoms with E-state index in [0.717, 1.165) is 12.5 Å². The van der Waals surface area contributed by atoms with Gasteiger partial charge in [0.2, 0.25) is 11.8 Å². The second-order valence-electron chi connectivity index (χ2n) is 4.08. The maximum atomic E-state index is 11.4. The van der Waals surface area contributed by atoms with Crippen molar-refractivity contribution < 1.29 is 9.32 Å². The number of halogens is 1. The standard InChI is InChI=1S/C10H16N4O2.ClH/c1-7-13-9(14-16-7)5-12-10(15)6-11-4-8-2-3-8;/h8,11H,2-6H2,1H3,(H,12,15);1H. The normalized spacial score (nSPS) is 14.2. The first kappa shape index (κ1) is 13.9. The fourth-order valence-corrected chi connectivity index (χ4v) is 1.37. The summed E-state index contributed by atoms with van der Waals surface area (Å²) < 4.78 is 4.79. The van der Waals surface area contributed by atoms with Gasteiger partial charge in [0.05, 0.1) is 13.1 Å². The minimum atomic E-state index is -0.0388. The number of nitrogens with one attached hydrogen (secondary N) is 2. The summed E-state index contributed by atoms with van der Waals surface area (Å²) in [4.78, 5) is 15.4. The molecule has 0 radical (unpaired) electrons. The summed E-state index contributed by atoms with van der Waals surface area (Å²) in [5.74, 6) is 1.76. The number of rotatable bonds is 6. The van der Waals surface area contributed by atoms with Crippen molar-refractivity contribution in [3.05, 3.63) is 11.7 Å². The predicted molar refractivity (Wildman–Crippen MR) is 63.7 cm³/mol. The third kappa shape index (κ3) is 5.14. The number of hydrogen-bond donors (Lipinski definition) is 2. The van der Waals surface area contributed by atoms with E-state index in [2.05, 4.69) is 20.8 Å². The van der Waals surface area contributed by atoms with Crippen molar-refractivity contribution in [2.75, 3.05) is 13.1 Å². The van der Waals surface area contributed by atoms with E-state index in [0.29, 0.717) is 24.8 Å². The SMILES string of the molecule is Cc1nc(CNC(=O)CNCC2CC2)no1.Cl. The van der Waals surface area contributed by atoms with Gasteiger partial charge in [0.25, 0.3) is 0 Å². The molecule has 1 fully saturated rings. The monoisotopic (exact) mass is 260 g/mol. The van der Waals surface area contributed by atoms with E-state index < -0.39 is 0 Å². The molecule has 0 bridgehead atoms. The van der Waals surface area contributed by atoms with Crippen LogP contribution in [0.3, 0.4) is 0 Å².